The molecule has 3 rings (SSSR count). The van der Waals surface area contributed by atoms with Gasteiger partial charge in [-0.05, 0) is 43.0 Å². The minimum atomic E-state index is -0.642. The SMILES string of the molecule is CCOC(=O)c1c(NC(=O)c2cccs2)sc(C(=O)Nc2ccccc2C(=O)OC)c1C. The van der Waals surface area contributed by atoms with E-state index >= 15 is 0 Å². The van der Waals surface area contributed by atoms with Gasteiger partial charge in [-0.15, -0.1) is 22.7 Å². The molecule has 0 bridgehead atoms. The molecule has 2 N–H and O–H groups in total. The Morgan fingerprint density at radius 1 is 0.969 bits per heavy atom. The van der Waals surface area contributed by atoms with Crippen molar-refractivity contribution in [1.29, 1.82) is 0 Å². The van der Waals surface area contributed by atoms with Crippen LogP contribution in [-0.4, -0.2) is 37.5 Å². The van der Waals surface area contributed by atoms with Crippen LogP contribution >= 0.6 is 22.7 Å². The molecule has 0 saturated carbocycles. The summed E-state index contributed by atoms with van der Waals surface area (Å²) in [7, 11) is 1.25. The first-order chi connectivity index (χ1) is 15.4. The molecule has 0 aliphatic rings. The van der Waals surface area contributed by atoms with Crippen LogP contribution in [-0.2, 0) is 9.47 Å². The Balaban J connectivity index is 1.96. The van der Waals surface area contributed by atoms with Crippen molar-refractivity contribution in [2.24, 2.45) is 0 Å². The number of ether oxygens (including phenoxy) is 2. The fourth-order valence-corrected chi connectivity index (χ4v) is 4.60. The first kappa shape index (κ1) is 23.2. The van der Waals surface area contributed by atoms with E-state index in [9.17, 15) is 19.2 Å². The summed E-state index contributed by atoms with van der Waals surface area (Å²) in [6.07, 6.45) is 0. The molecule has 166 valence electrons. The Bertz CT molecular complexity index is 1170. The molecule has 0 atom stereocenters. The number of methoxy groups -OCH3 is 1. The van der Waals surface area contributed by atoms with Crippen molar-refractivity contribution in [3.63, 3.8) is 0 Å². The van der Waals surface area contributed by atoms with E-state index in [0.717, 1.165) is 11.3 Å². The van der Waals surface area contributed by atoms with Crippen LogP contribution < -0.4 is 10.6 Å². The number of esters is 2. The third-order valence-corrected chi connectivity index (χ3v) is 6.46. The van der Waals surface area contributed by atoms with Crippen molar-refractivity contribution >= 4 is 57.1 Å². The van der Waals surface area contributed by atoms with Crippen molar-refractivity contribution < 1.29 is 28.7 Å². The number of thiophene rings is 2. The van der Waals surface area contributed by atoms with Gasteiger partial charge in [-0.2, -0.15) is 0 Å². The molecule has 0 radical (unpaired) electrons. The Morgan fingerprint density at radius 3 is 2.38 bits per heavy atom. The molecule has 0 fully saturated rings. The lowest BCUT2D eigenvalue weighted by Gasteiger charge is -2.09. The minimum Gasteiger partial charge on any atom is -0.465 e. The number of benzene rings is 1. The maximum atomic E-state index is 13.0. The Labute approximate surface area is 192 Å². The number of carbonyl (C=O) groups excluding carboxylic acids is 4. The summed E-state index contributed by atoms with van der Waals surface area (Å²) in [4.78, 5) is 50.8. The van der Waals surface area contributed by atoms with Crippen LogP contribution in [0.25, 0.3) is 0 Å². The molecular weight excluding hydrogens is 452 g/mol. The van der Waals surface area contributed by atoms with Gasteiger partial charge in [0.05, 0.1) is 40.3 Å². The molecule has 8 nitrogen and oxygen atoms in total. The van der Waals surface area contributed by atoms with E-state index in [1.54, 1.807) is 49.6 Å². The highest BCUT2D eigenvalue weighted by Crippen LogP contribution is 2.35. The fourth-order valence-electron chi connectivity index (χ4n) is 2.90. The highest BCUT2D eigenvalue weighted by molar-refractivity contribution is 7.19. The number of nitrogens with one attached hydrogen (secondary N) is 2. The van der Waals surface area contributed by atoms with Crippen LogP contribution in [0.3, 0.4) is 0 Å². The molecule has 32 heavy (non-hydrogen) atoms. The van der Waals surface area contributed by atoms with Crippen molar-refractivity contribution in [2.75, 3.05) is 24.4 Å². The maximum absolute atomic E-state index is 13.0. The zero-order chi connectivity index (χ0) is 23.3. The van der Waals surface area contributed by atoms with Crippen LogP contribution in [0.5, 0.6) is 0 Å². The normalized spacial score (nSPS) is 10.3. The summed E-state index contributed by atoms with van der Waals surface area (Å²) in [6.45, 7) is 3.41. The predicted molar refractivity (Wildman–Crippen MR) is 123 cm³/mol. The van der Waals surface area contributed by atoms with Crippen molar-refractivity contribution in [2.45, 2.75) is 13.8 Å². The van der Waals surface area contributed by atoms with Gasteiger partial charge in [0.1, 0.15) is 5.00 Å². The molecular formula is C22H20N2O6S2. The summed E-state index contributed by atoms with van der Waals surface area (Å²) in [5.41, 5.74) is 0.935. The number of amides is 2. The van der Waals surface area contributed by atoms with Gasteiger partial charge in [0.15, 0.2) is 0 Å². The lowest BCUT2D eigenvalue weighted by Crippen LogP contribution is -2.16. The number of anilines is 2. The van der Waals surface area contributed by atoms with Gasteiger partial charge in [0, 0.05) is 0 Å². The van der Waals surface area contributed by atoms with Gasteiger partial charge < -0.3 is 20.1 Å². The van der Waals surface area contributed by atoms with Crippen LogP contribution in [0.15, 0.2) is 41.8 Å². The fraction of sp³-hybridized carbons (Fsp3) is 0.182. The molecule has 2 heterocycles. The lowest BCUT2D eigenvalue weighted by molar-refractivity contribution is 0.0526. The number of hydrogen-bond acceptors (Lipinski definition) is 8. The number of carbonyl (C=O) groups is 4. The average Bonchev–Trinajstić information content (AvgIpc) is 3.42. The number of para-hydroxylation sites is 1. The summed E-state index contributed by atoms with van der Waals surface area (Å²) >= 11 is 2.21. The Morgan fingerprint density at radius 2 is 1.72 bits per heavy atom. The van der Waals surface area contributed by atoms with Crippen molar-refractivity contribution in [1.82, 2.24) is 0 Å². The van der Waals surface area contributed by atoms with Gasteiger partial charge >= 0.3 is 11.9 Å². The standard InChI is InChI=1S/C22H20N2O6S2/c1-4-30-22(28)16-12(2)17(32-20(16)24-18(25)15-10-7-11-31-15)19(26)23-14-9-6-5-8-13(14)21(27)29-3/h5-11H,4H2,1-3H3,(H,23,26)(H,24,25). The highest BCUT2D eigenvalue weighted by Gasteiger charge is 2.27. The van der Waals surface area contributed by atoms with E-state index in [-0.39, 0.29) is 33.3 Å². The van der Waals surface area contributed by atoms with Crippen molar-refractivity contribution in [3.8, 4) is 0 Å². The number of hydrogen-bond donors (Lipinski definition) is 2. The molecule has 10 heteroatoms. The van der Waals surface area contributed by atoms with E-state index in [0.29, 0.717) is 10.4 Å². The van der Waals surface area contributed by atoms with Crippen LogP contribution in [0.4, 0.5) is 10.7 Å². The first-order valence-electron chi connectivity index (χ1n) is 9.51. The van der Waals surface area contributed by atoms with Crippen LogP contribution in [0.2, 0.25) is 0 Å². The van der Waals surface area contributed by atoms with Gasteiger partial charge in [0.2, 0.25) is 0 Å². The molecule has 0 saturated heterocycles. The van der Waals surface area contributed by atoms with Crippen LogP contribution in [0.1, 0.15) is 52.5 Å². The Hall–Kier alpha value is -3.50. The monoisotopic (exact) mass is 472 g/mol. The second kappa shape index (κ2) is 10.2. The molecule has 2 aromatic heterocycles. The topological polar surface area (TPSA) is 111 Å². The second-order valence-electron chi connectivity index (χ2n) is 6.40. The zero-order valence-electron chi connectivity index (χ0n) is 17.5. The summed E-state index contributed by atoms with van der Waals surface area (Å²) in [5, 5.41) is 7.37. The van der Waals surface area contributed by atoms with E-state index in [1.807, 2.05) is 0 Å². The van der Waals surface area contributed by atoms with E-state index in [4.69, 9.17) is 9.47 Å². The predicted octanol–water partition coefficient (Wildman–Crippen LogP) is 4.59. The van der Waals surface area contributed by atoms with E-state index in [1.165, 1.54) is 24.5 Å². The maximum Gasteiger partial charge on any atom is 0.341 e. The molecule has 0 aliphatic heterocycles. The Kier molecular flexibility index (Phi) is 7.39. The van der Waals surface area contributed by atoms with Gasteiger partial charge in [-0.1, -0.05) is 18.2 Å². The van der Waals surface area contributed by atoms with Gasteiger partial charge in [-0.3, -0.25) is 9.59 Å². The smallest absolute Gasteiger partial charge is 0.341 e. The number of rotatable bonds is 7. The minimum absolute atomic E-state index is 0.119. The average molecular weight is 473 g/mol. The summed E-state index contributed by atoms with van der Waals surface area (Å²) in [5.74, 6) is -2.17. The second-order valence-corrected chi connectivity index (χ2v) is 8.37. The summed E-state index contributed by atoms with van der Waals surface area (Å²) < 4.78 is 9.88. The quantitative estimate of drug-likeness (QED) is 0.487. The highest BCUT2D eigenvalue weighted by atomic mass is 32.1. The van der Waals surface area contributed by atoms with Gasteiger partial charge in [-0.25, -0.2) is 9.59 Å². The largest absolute Gasteiger partial charge is 0.465 e. The molecule has 0 unspecified atom stereocenters. The molecule has 3 aromatic rings. The lowest BCUT2D eigenvalue weighted by atomic mass is 10.1. The van der Waals surface area contributed by atoms with Gasteiger partial charge in [0.25, 0.3) is 11.8 Å². The zero-order valence-corrected chi connectivity index (χ0v) is 19.1. The molecule has 0 aliphatic carbocycles. The first-order valence-corrected chi connectivity index (χ1v) is 11.2. The third-order valence-electron chi connectivity index (χ3n) is 4.39. The third kappa shape index (κ3) is 4.87. The van der Waals surface area contributed by atoms with Crippen molar-refractivity contribution in [3.05, 3.63) is 68.2 Å². The molecule has 2 amide bonds. The summed E-state index contributed by atoms with van der Waals surface area (Å²) in [6, 6.07) is 9.80. The van der Waals surface area contributed by atoms with Crippen LogP contribution in [0, 0.1) is 6.92 Å². The van der Waals surface area contributed by atoms with E-state index < -0.39 is 23.8 Å². The molecule has 1 aromatic carbocycles. The van der Waals surface area contributed by atoms with E-state index in [2.05, 4.69) is 10.6 Å². The molecule has 0 spiro atoms.